The highest BCUT2D eigenvalue weighted by molar-refractivity contribution is 5.85. The van der Waals surface area contributed by atoms with Crippen LogP contribution < -0.4 is 5.73 Å². The topological polar surface area (TPSA) is 43.1 Å². The van der Waals surface area contributed by atoms with Gasteiger partial charge in [0.15, 0.2) is 0 Å². The Morgan fingerprint density at radius 2 is 2.18 bits per heavy atom. The number of hydrogen-bond acceptors (Lipinski definition) is 2. The Hall–Kier alpha value is -0.510. The van der Waals surface area contributed by atoms with Crippen molar-refractivity contribution in [1.82, 2.24) is 0 Å². The van der Waals surface area contributed by atoms with Gasteiger partial charge in [-0.2, -0.15) is 0 Å². The lowest BCUT2D eigenvalue weighted by atomic mass is 10.2. The Morgan fingerprint density at radius 1 is 1.64 bits per heavy atom. The molecule has 1 fully saturated rings. The van der Waals surface area contributed by atoms with Crippen molar-refractivity contribution in [3.63, 3.8) is 0 Å². The van der Waals surface area contributed by atoms with Gasteiger partial charge in [-0.15, -0.1) is 0 Å². The van der Waals surface area contributed by atoms with Crippen LogP contribution in [0.15, 0.2) is 0 Å². The first-order valence-corrected chi connectivity index (χ1v) is 3.66. The molecule has 0 amide bonds. The normalized spacial score (nSPS) is 33.5. The van der Waals surface area contributed by atoms with Gasteiger partial charge in [0.1, 0.15) is 5.78 Å². The number of rotatable bonds is 3. The van der Waals surface area contributed by atoms with Crippen LogP contribution >= 0.6 is 0 Å². The smallest absolute Gasteiger partial charge is 0.263 e. The number of hydrogen-bond donors (Lipinski definition) is 1. The summed E-state index contributed by atoms with van der Waals surface area (Å²) in [6, 6.07) is 0. The number of alkyl halides is 2. The van der Waals surface area contributed by atoms with E-state index < -0.39 is 17.8 Å². The van der Waals surface area contributed by atoms with Crippen LogP contribution in [-0.2, 0) is 4.79 Å². The van der Waals surface area contributed by atoms with Gasteiger partial charge in [0, 0.05) is 13.0 Å². The third kappa shape index (κ3) is 1.15. The summed E-state index contributed by atoms with van der Waals surface area (Å²) in [5, 5.41) is 0. The highest BCUT2D eigenvalue weighted by Crippen LogP contribution is 2.55. The predicted molar refractivity (Wildman–Crippen MR) is 36.3 cm³/mol. The van der Waals surface area contributed by atoms with Gasteiger partial charge in [-0.05, 0) is 0 Å². The van der Waals surface area contributed by atoms with Crippen molar-refractivity contribution in [2.45, 2.75) is 19.3 Å². The molecule has 0 bridgehead atoms. The van der Waals surface area contributed by atoms with Gasteiger partial charge in [-0.25, -0.2) is 8.78 Å². The molecule has 2 nitrogen and oxygen atoms in total. The molecule has 2 N–H and O–H groups in total. The first-order valence-electron chi connectivity index (χ1n) is 3.66. The minimum Gasteiger partial charge on any atom is -0.330 e. The van der Waals surface area contributed by atoms with Crippen molar-refractivity contribution in [3.8, 4) is 0 Å². The molecule has 0 unspecified atom stereocenters. The fourth-order valence-corrected chi connectivity index (χ4v) is 1.34. The van der Waals surface area contributed by atoms with E-state index >= 15 is 0 Å². The van der Waals surface area contributed by atoms with Gasteiger partial charge in [0.25, 0.3) is 5.92 Å². The highest BCUT2D eigenvalue weighted by Gasteiger charge is 2.69. The van der Waals surface area contributed by atoms with Gasteiger partial charge in [0.2, 0.25) is 0 Å². The maximum absolute atomic E-state index is 12.6. The zero-order valence-corrected chi connectivity index (χ0v) is 6.31. The van der Waals surface area contributed by atoms with Crippen molar-refractivity contribution in [2.24, 2.45) is 17.6 Å². The molecule has 1 saturated carbocycles. The fraction of sp³-hybridized carbons (Fsp3) is 0.857. The molecule has 0 spiro atoms. The predicted octanol–water partition coefficient (Wildman–Crippen LogP) is 0.806. The Bertz CT molecular complexity index is 181. The summed E-state index contributed by atoms with van der Waals surface area (Å²) < 4.78 is 25.2. The van der Waals surface area contributed by atoms with E-state index in [-0.39, 0.29) is 18.7 Å². The van der Waals surface area contributed by atoms with Crippen LogP contribution in [0, 0.1) is 11.8 Å². The molecule has 1 aliphatic rings. The van der Waals surface area contributed by atoms with E-state index in [1.807, 2.05) is 0 Å². The standard InChI is InChI=1S/C7H11F2NO/c1-2-5(11)6-4(3-10)7(6,8)9/h4,6H,2-3,10H2,1H3/t4-,6-/m0/s1. The van der Waals surface area contributed by atoms with Crippen molar-refractivity contribution in [1.29, 1.82) is 0 Å². The van der Waals surface area contributed by atoms with Crippen molar-refractivity contribution in [2.75, 3.05) is 6.54 Å². The van der Waals surface area contributed by atoms with E-state index in [0.717, 1.165) is 0 Å². The average molecular weight is 163 g/mol. The van der Waals surface area contributed by atoms with Crippen LogP contribution in [0.1, 0.15) is 13.3 Å². The third-order valence-electron chi connectivity index (χ3n) is 2.15. The maximum Gasteiger partial charge on any atom is 0.263 e. The lowest BCUT2D eigenvalue weighted by Gasteiger charge is -1.91. The van der Waals surface area contributed by atoms with E-state index in [1.54, 1.807) is 6.92 Å². The van der Waals surface area contributed by atoms with Crippen LogP contribution in [-0.4, -0.2) is 18.3 Å². The molecule has 1 rings (SSSR count). The van der Waals surface area contributed by atoms with E-state index in [4.69, 9.17) is 5.73 Å². The molecular formula is C7H11F2NO. The molecule has 0 aromatic heterocycles. The number of ketones is 1. The van der Waals surface area contributed by atoms with Gasteiger partial charge >= 0.3 is 0 Å². The third-order valence-corrected chi connectivity index (χ3v) is 2.15. The van der Waals surface area contributed by atoms with E-state index in [9.17, 15) is 13.6 Å². The number of carbonyl (C=O) groups is 1. The number of carbonyl (C=O) groups excluding carboxylic acids is 1. The quantitative estimate of drug-likeness (QED) is 0.668. The summed E-state index contributed by atoms with van der Waals surface area (Å²) in [6.07, 6.45) is 0.177. The Balaban J connectivity index is 2.58. The maximum atomic E-state index is 12.6. The van der Waals surface area contributed by atoms with Gasteiger partial charge < -0.3 is 5.73 Å². The molecule has 0 aliphatic heterocycles. The summed E-state index contributed by atoms with van der Waals surface area (Å²) in [5.74, 6) is -5.17. The molecule has 0 heterocycles. The average Bonchev–Trinajstić information content (AvgIpc) is 2.51. The molecule has 1 aliphatic carbocycles. The molecule has 11 heavy (non-hydrogen) atoms. The number of nitrogens with two attached hydrogens (primary N) is 1. The molecule has 0 radical (unpaired) electrons. The van der Waals surface area contributed by atoms with Crippen molar-refractivity contribution >= 4 is 5.78 Å². The molecule has 0 saturated heterocycles. The van der Waals surface area contributed by atoms with Crippen LogP contribution in [0.4, 0.5) is 8.78 Å². The second-order valence-electron chi connectivity index (χ2n) is 2.81. The second-order valence-corrected chi connectivity index (χ2v) is 2.81. The van der Waals surface area contributed by atoms with E-state index in [1.165, 1.54) is 0 Å². The van der Waals surface area contributed by atoms with E-state index in [2.05, 4.69) is 0 Å². The monoisotopic (exact) mass is 163 g/mol. The highest BCUT2D eigenvalue weighted by atomic mass is 19.3. The molecule has 4 heteroatoms. The van der Waals surface area contributed by atoms with Crippen molar-refractivity contribution in [3.05, 3.63) is 0 Å². The number of Topliss-reactive ketones (excluding diaryl/α,β-unsaturated/α-hetero) is 1. The van der Waals surface area contributed by atoms with Gasteiger partial charge in [0.05, 0.1) is 11.8 Å². The Morgan fingerprint density at radius 3 is 2.45 bits per heavy atom. The zero-order valence-electron chi connectivity index (χ0n) is 6.31. The SMILES string of the molecule is CCC(=O)[C@@H]1[C@H](CN)C1(F)F. The first kappa shape index (κ1) is 8.59. The molecular weight excluding hydrogens is 152 g/mol. The summed E-state index contributed by atoms with van der Waals surface area (Å²) in [4.78, 5) is 10.8. The summed E-state index contributed by atoms with van der Waals surface area (Å²) in [5.41, 5.74) is 5.06. The Kier molecular flexibility index (Phi) is 1.96. The summed E-state index contributed by atoms with van der Waals surface area (Å²) in [7, 11) is 0. The summed E-state index contributed by atoms with van der Waals surface area (Å²) in [6.45, 7) is 1.49. The lowest BCUT2D eigenvalue weighted by molar-refractivity contribution is -0.122. The van der Waals surface area contributed by atoms with Crippen LogP contribution in [0.3, 0.4) is 0 Å². The zero-order chi connectivity index (χ0) is 8.65. The molecule has 0 aromatic carbocycles. The minimum absolute atomic E-state index is 0.0938. The Labute approximate surface area is 63.8 Å². The van der Waals surface area contributed by atoms with Crippen LogP contribution in [0.5, 0.6) is 0 Å². The molecule has 2 atom stereocenters. The summed E-state index contributed by atoms with van der Waals surface area (Å²) >= 11 is 0. The van der Waals surface area contributed by atoms with E-state index in [0.29, 0.717) is 0 Å². The largest absolute Gasteiger partial charge is 0.330 e. The van der Waals surface area contributed by atoms with Crippen LogP contribution in [0.2, 0.25) is 0 Å². The first-order chi connectivity index (χ1) is 5.05. The van der Waals surface area contributed by atoms with Crippen molar-refractivity contribution < 1.29 is 13.6 Å². The van der Waals surface area contributed by atoms with Gasteiger partial charge in [-0.3, -0.25) is 4.79 Å². The second kappa shape index (κ2) is 2.52. The number of halogens is 2. The van der Waals surface area contributed by atoms with Crippen LogP contribution in [0.25, 0.3) is 0 Å². The molecule has 64 valence electrons. The fourth-order valence-electron chi connectivity index (χ4n) is 1.34. The molecule has 0 aromatic rings. The van der Waals surface area contributed by atoms with Gasteiger partial charge in [-0.1, -0.05) is 6.92 Å². The lowest BCUT2D eigenvalue weighted by Crippen LogP contribution is -2.07. The minimum atomic E-state index is -2.82.